The van der Waals surface area contributed by atoms with E-state index in [1.54, 1.807) is 7.11 Å². The van der Waals surface area contributed by atoms with Crippen LogP contribution in [-0.4, -0.2) is 20.2 Å². The fourth-order valence-electron chi connectivity index (χ4n) is 2.70. The van der Waals surface area contributed by atoms with Crippen LogP contribution in [0.1, 0.15) is 18.4 Å². The molecule has 1 aromatic heterocycles. The van der Waals surface area contributed by atoms with Gasteiger partial charge in [0.15, 0.2) is 11.3 Å². The second-order valence-corrected chi connectivity index (χ2v) is 5.97. The zero-order chi connectivity index (χ0) is 13.2. The molecule has 2 heterocycles. The number of piperidine rings is 1. The minimum atomic E-state index is -0.273. The van der Waals surface area contributed by atoms with Crippen molar-refractivity contribution in [2.75, 3.05) is 20.2 Å². The third-order valence-corrected chi connectivity index (χ3v) is 4.38. The third kappa shape index (κ3) is 2.67. The maximum absolute atomic E-state index is 11.3. The molecule has 19 heavy (non-hydrogen) atoms. The van der Waals surface area contributed by atoms with Crippen molar-refractivity contribution >= 4 is 21.6 Å². The Hall–Kier alpha value is -1.33. The molecular weight excluding hydrogens is 262 g/mol. The van der Waals surface area contributed by atoms with Crippen LogP contribution >= 0.6 is 11.3 Å². The van der Waals surface area contributed by atoms with Crippen LogP contribution in [0.15, 0.2) is 21.3 Å². The van der Waals surface area contributed by atoms with E-state index in [1.807, 2.05) is 6.07 Å². The average molecular weight is 279 g/mol. The minimum Gasteiger partial charge on any atom is -0.493 e. The van der Waals surface area contributed by atoms with Gasteiger partial charge in [0.1, 0.15) is 0 Å². The molecule has 1 N–H and O–H groups in total. The number of benzene rings is 1. The van der Waals surface area contributed by atoms with E-state index in [0.29, 0.717) is 17.3 Å². The number of fused-ring (bicyclic) bond motifs is 1. The van der Waals surface area contributed by atoms with Crippen LogP contribution in [0.3, 0.4) is 0 Å². The summed E-state index contributed by atoms with van der Waals surface area (Å²) in [6.07, 6.45) is 3.52. The first-order chi connectivity index (χ1) is 9.26. The highest BCUT2D eigenvalue weighted by molar-refractivity contribution is 7.16. The Labute approximate surface area is 115 Å². The van der Waals surface area contributed by atoms with Crippen molar-refractivity contribution in [1.82, 2.24) is 5.32 Å². The fraction of sp³-hybridized carbons (Fsp3) is 0.500. The zero-order valence-corrected chi connectivity index (χ0v) is 11.7. The van der Waals surface area contributed by atoms with Gasteiger partial charge in [0.2, 0.25) is 0 Å². The molecule has 102 valence electrons. The highest BCUT2D eigenvalue weighted by Crippen LogP contribution is 2.30. The first-order valence-electron chi connectivity index (χ1n) is 6.57. The molecule has 0 bridgehead atoms. The molecule has 1 saturated heterocycles. The predicted molar refractivity (Wildman–Crippen MR) is 76.2 cm³/mol. The van der Waals surface area contributed by atoms with Crippen LogP contribution in [0.5, 0.6) is 5.75 Å². The molecule has 0 aliphatic carbocycles. The van der Waals surface area contributed by atoms with Gasteiger partial charge in [-0.25, -0.2) is 4.79 Å². The van der Waals surface area contributed by atoms with Crippen LogP contribution in [-0.2, 0) is 6.42 Å². The minimum absolute atomic E-state index is 0.273. The number of methoxy groups -OCH3 is 1. The van der Waals surface area contributed by atoms with Gasteiger partial charge in [0, 0.05) is 0 Å². The second-order valence-electron chi connectivity index (χ2n) is 5.00. The summed E-state index contributed by atoms with van der Waals surface area (Å²) in [4.78, 5) is 11.1. The first-order valence-corrected chi connectivity index (χ1v) is 7.39. The molecule has 0 amide bonds. The van der Waals surface area contributed by atoms with E-state index in [2.05, 4.69) is 11.4 Å². The predicted octanol–water partition coefficient (Wildman–Crippen LogP) is 2.41. The molecule has 3 rings (SSSR count). The lowest BCUT2D eigenvalue weighted by Crippen LogP contribution is -2.30. The van der Waals surface area contributed by atoms with Gasteiger partial charge in [-0.2, -0.15) is 0 Å². The molecule has 0 spiro atoms. The highest BCUT2D eigenvalue weighted by atomic mass is 32.1. The molecular formula is C14H17NO3S. The van der Waals surface area contributed by atoms with Crippen molar-refractivity contribution in [2.45, 2.75) is 19.3 Å². The lowest BCUT2D eigenvalue weighted by Gasteiger charge is -2.22. The van der Waals surface area contributed by atoms with Gasteiger partial charge >= 0.3 is 4.94 Å². The van der Waals surface area contributed by atoms with Gasteiger partial charge < -0.3 is 14.5 Å². The molecule has 1 atom stereocenters. The fourth-order valence-corrected chi connectivity index (χ4v) is 3.45. The quantitative estimate of drug-likeness (QED) is 0.937. The Morgan fingerprint density at radius 1 is 1.53 bits per heavy atom. The molecule has 2 aromatic rings. The monoisotopic (exact) mass is 279 g/mol. The molecule has 1 fully saturated rings. The van der Waals surface area contributed by atoms with Crippen LogP contribution in [0, 0.1) is 5.92 Å². The van der Waals surface area contributed by atoms with Crippen LogP contribution in [0.2, 0.25) is 0 Å². The molecule has 4 nitrogen and oxygen atoms in total. The van der Waals surface area contributed by atoms with E-state index < -0.39 is 0 Å². The van der Waals surface area contributed by atoms with E-state index in [1.165, 1.54) is 18.4 Å². The Morgan fingerprint density at radius 2 is 2.42 bits per heavy atom. The number of ether oxygens (including phenoxy) is 1. The second kappa shape index (κ2) is 5.35. The number of hydrogen-bond donors (Lipinski definition) is 1. The van der Waals surface area contributed by atoms with Crippen molar-refractivity contribution in [3.05, 3.63) is 27.4 Å². The first kappa shape index (κ1) is 12.7. The standard InChI is InChI=1S/C14H17NO3S/c1-17-11-6-10(5-9-3-2-4-15-8-9)7-12-13(11)18-14(16)19-12/h6-7,9,15H,2-5,8H2,1H3. The molecule has 1 aliphatic rings. The molecule has 1 aliphatic heterocycles. The van der Waals surface area contributed by atoms with E-state index in [9.17, 15) is 4.79 Å². The van der Waals surface area contributed by atoms with Gasteiger partial charge in [-0.1, -0.05) is 11.3 Å². The number of hydrogen-bond acceptors (Lipinski definition) is 5. The Bertz CT molecular complexity index is 625. The lowest BCUT2D eigenvalue weighted by molar-refractivity contribution is 0.374. The van der Waals surface area contributed by atoms with E-state index in [-0.39, 0.29) is 4.94 Å². The summed E-state index contributed by atoms with van der Waals surface area (Å²) in [6, 6.07) is 4.05. The summed E-state index contributed by atoms with van der Waals surface area (Å²) >= 11 is 1.14. The third-order valence-electron chi connectivity index (χ3n) is 3.60. The van der Waals surface area contributed by atoms with Crippen LogP contribution in [0.4, 0.5) is 0 Å². The molecule has 1 aromatic carbocycles. The zero-order valence-electron chi connectivity index (χ0n) is 10.9. The van der Waals surface area contributed by atoms with E-state index in [0.717, 1.165) is 35.5 Å². The van der Waals surface area contributed by atoms with Crippen molar-refractivity contribution < 1.29 is 9.15 Å². The highest BCUT2D eigenvalue weighted by Gasteiger charge is 2.16. The molecule has 0 saturated carbocycles. The maximum atomic E-state index is 11.3. The van der Waals surface area contributed by atoms with Crippen LogP contribution in [0.25, 0.3) is 10.3 Å². The van der Waals surface area contributed by atoms with Crippen molar-refractivity contribution in [1.29, 1.82) is 0 Å². The van der Waals surface area contributed by atoms with Crippen molar-refractivity contribution in [3.8, 4) is 5.75 Å². The summed E-state index contributed by atoms with van der Waals surface area (Å²) in [5.74, 6) is 1.33. The molecule has 0 radical (unpaired) electrons. The number of rotatable bonds is 3. The van der Waals surface area contributed by atoms with Crippen molar-refractivity contribution in [3.63, 3.8) is 0 Å². The maximum Gasteiger partial charge on any atom is 0.396 e. The Morgan fingerprint density at radius 3 is 3.16 bits per heavy atom. The largest absolute Gasteiger partial charge is 0.493 e. The molecule has 5 heteroatoms. The van der Waals surface area contributed by atoms with Crippen molar-refractivity contribution in [2.24, 2.45) is 5.92 Å². The molecule has 1 unspecified atom stereocenters. The van der Waals surface area contributed by atoms with Gasteiger partial charge in [-0.3, -0.25) is 0 Å². The van der Waals surface area contributed by atoms with Crippen LogP contribution < -0.4 is 15.0 Å². The topological polar surface area (TPSA) is 51.5 Å². The lowest BCUT2D eigenvalue weighted by atomic mass is 9.92. The van der Waals surface area contributed by atoms with Gasteiger partial charge in [-0.05, 0) is 56.0 Å². The number of nitrogens with one attached hydrogen (secondary N) is 1. The van der Waals surface area contributed by atoms with Gasteiger partial charge in [0.25, 0.3) is 0 Å². The normalized spacial score (nSPS) is 19.7. The SMILES string of the molecule is COc1cc(CC2CCCNC2)cc2sc(=O)oc12. The summed E-state index contributed by atoms with van der Waals surface area (Å²) in [6.45, 7) is 2.20. The average Bonchev–Trinajstić information content (AvgIpc) is 2.79. The van der Waals surface area contributed by atoms with Gasteiger partial charge in [0.05, 0.1) is 11.8 Å². The Balaban J connectivity index is 1.92. The summed E-state index contributed by atoms with van der Waals surface area (Å²) in [7, 11) is 1.61. The van der Waals surface area contributed by atoms with E-state index in [4.69, 9.17) is 9.15 Å². The van der Waals surface area contributed by atoms with E-state index >= 15 is 0 Å². The van der Waals surface area contributed by atoms with Gasteiger partial charge in [-0.15, -0.1) is 0 Å². The summed E-state index contributed by atoms with van der Waals surface area (Å²) < 4.78 is 11.4. The summed E-state index contributed by atoms with van der Waals surface area (Å²) in [5.41, 5.74) is 1.79. The smallest absolute Gasteiger partial charge is 0.396 e. The summed E-state index contributed by atoms with van der Waals surface area (Å²) in [5, 5.41) is 3.43. The Kier molecular flexibility index (Phi) is 3.57.